The number of hydrogen-bond donors (Lipinski definition) is 1. The van der Waals surface area contributed by atoms with Crippen LogP contribution in [0.2, 0.25) is 0 Å². The van der Waals surface area contributed by atoms with Crippen LogP contribution in [-0.2, 0) is 20.9 Å². The van der Waals surface area contributed by atoms with E-state index in [4.69, 9.17) is 15.2 Å². The number of rotatable bonds is 6. The van der Waals surface area contributed by atoms with Crippen LogP contribution in [0.1, 0.15) is 24.8 Å². The Labute approximate surface area is 149 Å². The van der Waals surface area contributed by atoms with E-state index in [1.165, 1.54) is 5.56 Å². The molecule has 0 spiro atoms. The Morgan fingerprint density at radius 3 is 2.75 bits per heavy atom. The average molecular weight is 355 g/mol. The van der Waals surface area contributed by atoms with Crippen molar-refractivity contribution in [2.45, 2.75) is 38.1 Å². The van der Waals surface area contributed by atoms with E-state index in [1.54, 1.807) is 0 Å². The largest absolute Gasteiger partial charge is 0.376 e. The summed E-state index contributed by atoms with van der Waals surface area (Å²) < 4.78 is 11.5. The molecule has 2 fully saturated rings. The van der Waals surface area contributed by atoms with Gasteiger partial charge in [0, 0.05) is 25.6 Å². The molecule has 3 rings (SSSR count). The maximum atomic E-state index is 12.5. The summed E-state index contributed by atoms with van der Waals surface area (Å²) in [6, 6.07) is 10.2. The summed E-state index contributed by atoms with van der Waals surface area (Å²) in [7, 11) is 0. The fourth-order valence-electron chi connectivity index (χ4n) is 3.35. The zero-order valence-corrected chi connectivity index (χ0v) is 14.7. The minimum atomic E-state index is -0.285. The number of hydrogen-bond acceptors (Lipinski definition) is 4. The topological polar surface area (TPSA) is 64.8 Å². The molecule has 1 aromatic carbocycles. The van der Waals surface area contributed by atoms with Gasteiger partial charge in [-0.15, -0.1) is 12.4 Å². The summed E-state index contributed by atoms with van der Waals surface area (Å²) in [5, 5.41) is 0. The number of nitrogens with two attached hydrogens (primary N) is 1. The van der Waals surface area contributed by atoms with Gasteiger partial charge in [-0.25, -0.2) is 0 Å². The number of nitrogens with zero attached hydrogens (tertiary/aromatic N) is 1. The molecule has 6 heteroatoms. The Bertz CT molecular complexity index is 514. The second-order valence-electron chi connectivity index (χ2n) is 6.50. The van der Waals surface area contributed by atoms with Crippen molar-refractivity contribution in [3.05, 3.63) is 35.9 Å². The zero-order valence-electron chi connectivity index (χ0n) is 13.9. The number of benzene rings is 1. The van der Waals surface area contributed by atoms with Crippen LogP contribution in [0.3, 0.4) is 0 Å². The number of amides is 1. The van der Waals surface area contributed by atoms with Crippen molar-refractivity contribution < 1.29 is 14.3 Å². The van der Waals surface area contributed by atoms with Crippen LogP contribution in [0.15, 0.2) is 30.3 Å². The predicted molar refractivity (Wildman–Crippen MR) is 95.0 cm³/mol. The van der Waals surface area contributed by atoms with Crippen molar-refractivity contribution in [2.75, 3.05) is 26.2 Å². The van der Waals surface area contributed by atoms with E-state index in [9.17, 15) is 4.79 Å². The van der Waals surface area contributed by atoms with Crippen LogP contribution in [0.25, 0.3) is 0 Å². The molecule has 5 nitrogen and oxygen atoms in total. The van der Waals surface area contributed by atoms with E-state index in [0.717, 1.165) is 32.4 Å². The van der Waals surface area contributed by atoms with E-state index >= 15 is 0 Å². The summed E-state index contributed by atoms with van der Waals surface area (Å²) in [4.78, 5) is 14.4. The second kappa shape index (κ2) is 9.37. The van der Waals surface area contributed by atoms with Crippen LogP contribution in [0.5, 0.6) is 0 Å². The first kappa shape index (κ1) is 19.2. The molecule has 0 radical (unpaired) electrons. The van der Waals surface area contributed by atoms with Crippen molar-refractivity contribution in [1.82, 2.24) is 4.90 Å². The monoisotopic (exact) mass is 354 g/mol. The van der Waals surface area contributed by atoms with Gasteiger partial charge >= 0.3 is 0 Å². The molecule has 2 heterocycles. The molecule has 2 aliphatic rings. The van der Waals surface area contributed by atoms with Crippen LogP contribution in [0, 0.1) is 5.92 Å². The number of halogens is 1. The van der Waals surface area contributed by atoms with Crippen LogP contribution < -0.4 is 5.73 Å². The summed E-state index contributed by atoms with van der Waals surface area (Å²) in [5.41, 5.74) is 6.79. The number of carbonyl (C=O) groups excluding carboxylic acids is 1. The lowest BCUT2D eigenvalue weighted by Gasteiger charge is -2.21. The third-order valence-electron chi connectivity index (χ3n) is 4.71. The second-order valence-corrected chi connectivity index (χ2v) is 6.50. The predicted octanol–water partition coefficient (Wildman–Crippen LogP) is 1.98. The normalized spacial score (nSPS) is 26.4. The Morgan fingerprint density at radius 2 is 2.04 bits per heavy atom. The van der Waals surface area contributed by atoms with E-state index in [2.05, 4.69) is 12.1 Å². The summed E-state index contributed by atoms with van der Waals surface area (Å²) in [5.74, 6) is 0.556. The van der Waals surface area contributed by atoms with Crippen LogP contribution in [-0.4, -0.2) is 49.3 Å². The molecule has 0 saturated carbocycles. The lowest BCUT2D eigenvalue weighted by molar-refractivity contribution is -0.141. The lowest BCUT2D eigenvalue weighted by atomic mass is 10.1. The standard InChI is InChI=1S/C18H26N2O3.ClH/c19-10-16-6-7-17(23-16)18(21)20-9-8-15(11-20)13-22-12-14-4-2-1-3-5-14;/h1-5,15-17H,6-13,19H2;1H/t15?,16-,17+;/m1./s1. The molecule has 24 heavy (non-hydrogen) atoms. The summed E-state index contributed by atoms with van der Waals surface area (Å²) >= 11 is 0. The minimum absolute atomic E-state index is 0. The summed E-state index contributed by atoms with van der Waals surface area (Å²) in [6.45, 7) is 3.43. The van der Waals surface area contributed by atoms with Gasteiger partial charge in [-0.2, -0.15) is 0 Å². The van der Waals surface area contributed by atoms with Crippen LogP contribution in [0.4, 0.5) is 0 Å². The van der Waals surface area contributed by atoms with Gasteiger partial charge in [-0.1, -0.05) is 30.3 Å². The lowest BCUT2D eigenvalue weighted by Crippen LogP contribution is -2.38. The van der Waals surface area contributed by atoms with Gasteiger partial charge in [-0.05, 0) is 24.8 Å². The molecule has 2 aliphatic heterocycles. The molecule has 2 N–H and O–H groups in total. The molecule has 134 valence electrons. The van der Waals surface area contributed by atoms with Gasteiger partial charge in [0.1, 0.15) is 6.10 Å². The first-order valence-corrected chi connectivity index (χ1v) is 8.52. The molecule has 2 saturated heterocycles. The number of ether oxygens (including phenoxy) is 2. The van der Waals surface area contributed by atoms with E-state index in [-0.39, 0.29) is 30.5 Å². The molecule has 0 aliphatic carbocycles. The van der Waals surface area contributed by atoms with Crippen molar-refractivity contribution in [3.63, 3.8) is 0 Å². The fourth-order valence-corrected chi connectivity index (χ4v) is 3.35. The Balaban J connectivity index is 0.00000208. The third kappa shape index (κ3) is 4.93. The summed E-state index contributed by atoms with van der Waals surface area (Å²) in [6.07, 6.45) is 2.47. The highest BCUT2D eigenvalue weighted by atomic mass is 35.5. The molecule has 1 unspecified atom stereocenters. The molecule has 0 aromatic heterocycles. The van der Waals surface area contributed by atoms with E-state index < -0.39 is 0 Å². The van der Waals surface area contributed by atoms with Crippen LogP contribution >= 0.6 is 12.4 Å². The SMILES string of the molecule is Cl.NC[C@H]1CC[C@@H](C(=O)N2CCC(COCc3ccccc3)C2)O1. The highest BCUT2D eigenvalue weighted by Crippen LogP contribution is 2.24. The number of likely N-dealkylation sites (tertiary alicyclic amines) is 1. The van der Waals surface area contributed by atoms with Crippen molar-refractivity contribution in [3.8, 4) is 0 Å². The molecular formula is C18H27ClN2O3. The molecule has 1 aromatic rings. The van der Waals surface area contributed by atoms with Gasteiger partial charge in [0.05, 0.1) is 19.3 Å². The fraction of sp³-hybridized carbons (Fsp3) is 0.611. The van der Waals surface area contributed by atoms with Crippen molar-refractivity contribution in [2.24, 2.45) is 11.7 Å². The van der Waals surface area contributed by atoms with Gasteiger partial charge in [0.15, 0.2) is 0 Å². The average Bonchev–Trinajstić information content (AvgIpc) is 3.24. The first-order chi connectivity index (χ1) is 11.3. The molecule has 3 atom stereocenters. The smallest absolute Gasteiger partial charge is 0.251 e. The highest BCUT2D eigenvalue weighted by molar-refractivity contribution is 5.85. The van der Waals surface area contributed by atoms with Crippen molar-refractivity contribution in [1.29, 1.82) is 0 Å². The molecule has 0 bridgehead atoms. The molecular weight excluding hydrogens is 328 g/mol. The molecule has 1 amide bonds. The Hall–Kier alpha value is -1.14. The zero-order chi connectivity index (χ0) is 16.1. The van der Waals surface area contributed by atoms with E-state index in [1.807, 2.05) is 23.1 Å². The minimum Gasteiger partial charge on any atom is -0.376 e. The van der Waals surface area contributed by atoms with E-state index in [0.29, 0.717) is 25.7 Å². The van der Waals surface area contributed by atoms with Gasteiger partial charge in [0.2, 0.25) is 0 Å². The maximum absolute atomic E-state index is 12.5. The van der Waals surface area contributed by atoms with Crippen molar-refractivity contribution >= 4 is 18.3 Å². The van der Waals surface area contributed by atoms with Gasteiger partial charge in [0.25, 0.3) is 5.91 Å². The highest BCUT2D eigenvalue weighted by Gasteiger charge is 2.35. The van der Waals surface area contributed by atoms with Gasteiger partial charge < -0.3 is 20.1 Å². The quantitative estimate of drug-likeness (QED) is 0.848. The third-order valence-corrected chi connectivity index (χ3v) is 4.71. The first-order valence-electron chi connectivity index (χ1n) is 8.52. The van der Waals surface area contributed by atoms with Gasteiger partial charge in [-0.3, -0.25) is 4.79 Å². The Morgan fingerprint density at radius 1 is 1.25 bits per heavy atom. The maximum Gasteiger partial charge on any atom is 0.251 e. The number of carbonyl (C=O) groups is 1. The Kier molecular flexibility index (Phi) is 7.49.